The summed E-state index contributed by atoms with van der Waals surface area (Å²) in [6, 6.07) is 4.94. The quantitative estimate of drug-likeness (QED) is 0.0590. The van der Waals surface area contributed by atoms with Crippen LogP contribution in [0.1, 0.15) is 308 Å². The molecule has 0 aliphatic carbocycles. The summed E-state index contributed by atoms with van der Waals surface area (Å²) in [5, 5.41) is 0. The Morgan fingerprint density at radius 1 is 0.259 bits per heavy atom. The molecular formula is C54H106. The third-order valence-corrected chi connectivity index (χ3v) is 11.9. The van der Waals surface area contributed by atoms with E-state index in [9.17, 15) is 0 Å². The van der Waals surface area contributed by atoms with Gasteiger partial charge in [-0.1, -0.05) is 285 Å². The Kier molecular flexibility index (Phi) is 49.5. The lowest BCUT2D eigenvalue weighted by Crippen LogP contribution is -1.97. The van der Waals surface area contributed by atoms with E-state index in [-0.39, 0.29) is 0 Å². The van der Waals surface area contributed by atoms with E-state index in [1.54, 1.807) is 11.1 Å². The molecule has 0 nitrogen and oxygen atoms in total. The molecule has 0 heterocycles. The van der Waals surface area contributed by atoms with Crippen LogP contribution in [0, 0.1) is 13.8 Å². The molecule has 0 aliphatic heterocycles. The smallest absolute Gasteiger partial charge is 0.0276 e. The van der Waals surface area contributed by atoms with Crippen molar-refractivity contribution in [1.82, 2.24) is 0 Å². The molecule has 0 saturated carbocycles. The van der Waals surface area contributed by atoms with Crippen molar-refractivity contribution in [2.45, 2.75) is 312 Å². The number of benzene rings is 1. The van der Waals surface area contributed by atoms with E-state index in [0.29, 0.717) is 0 Å². The van der Waals surface area contributed by atoms with Gasteiger partial charge in [0.25, 0.3) is 0 Å². The molecule has 0 aliphatic rings. The average Bonchev–Trinajstić information content (AvgIpc) is 3.18. The van der Waals surface area contributed by atoms with Crippen LogP contribution in [-0.4, -0.2) is 0 Å². The molecular weight excluding hydrogens is 649 g/mol. The van der Waals surface area contributed by atoms with Gasteiger partial charge in [-0.2, -0.15) is 0 Å². The molecule has 0 saturated heterocycles. The summed E-state index contributed by atoms with van der Waals surface area (Å²) >= 11 is 0. The topological polar surface area (TPSA) is 0 Å². The van der Waals surface area contributed by atoms with E-state index < -0.39 is 0 Å². The Morgan fingerprint density at radius 2 is 0.481 bits per heavy atom. The molecule has 54 heavy (non-hydrogen) atoms. The molecule has 0 N–H and O–H groups in total. The molecule has 1 rings (SSSR count). The summed E-state index contributed by atoms with van der Waals surface area (Å²) in [5.41, 5.74) is 6.23. The molecule has 322 valence electrons. The minimum absolute atomic E-state index is 1.26. The van der Waals surface area contributed by atoms with Crippen LogP contribution in [0.15, 0.2) is 12.1 Å². The maximum atomic E-state index is 2.51. The summed E-state index contributed by atoms with van der Waals surface area (Å²) in [4.78, 5) is 0. The fraction of sp³-hybridized carbons (Fsp3) is 0.889. The maximum absolute atomic E-state index is 2.51. The molecule has 0 bridgehead atoms. The lowest BCUT2D eigenvalue weighted by Gasteiger charge is -2.12. The van der Waals surface area contributed by atoms with Gasteiger partial charge in [-0.3, -0.25) is 0 Å². The first-order valence-electron chi connectivity index (χ1n) is 25.6. The van der Waals surface area contributed by atoms with Crippen molar-refractivity contribution in [3.63, 3.8) is 0 Å². The molecule has 0 spiro atoms. The summed E-state index contributed by atoms with van der Waals surface area (Å²) in [6.45, 7) is 18.3. The van der Waals surface area contributed by atoms with Gasteiger partial charge in [-0.05, 0) is 61.8 Å². The van der Waals surface area contributed by atoms with Crippen molar-refractivity contribution in [3.8, 4) is 0 Å². The summed E-state index contributed by atoms with van der Waals surface area (Å²) in [5.74, 6) is 0. The molecule has 1 aromatic carbocycles. The second-order valence-corrected chi connectivity index (χ2v) is 17.5. The first-order chi connectivity index (χ1) is 26.5. The SMILES string of the molecule is CCCCCCCCCC.CCCCCCCCCCCCCCCC.CCCCCCCCCCCCCCCc1cc(CCCCC)cc(C)c1C. The Hall–Kier alpha value is -0.780. The van der Waals surface area contributed by atoms with Gasteiger partial charge in [0.15, 0.2) is 0 Å². The van der Waals surface area contributed by atoms with Crippen LogP contribution in [0.5, 0.6) is 0 Å². The van der Waals surface area contributed by atoms with Gasteiger partial charge in [0.2, 0.25) is 0 Å². The van der Waals surface area contributed by atoms with Crippen molar-refractivity contribution < 1.29 is 0 Å². The number of rotatable bonds is 38. The Morgan fingerprint density at radius 3 is 0.759 bits per heavy atom. The first-order valence-corrected chi connectivity index (χ1v) is 25.6. The molecule has 0 radical (unpaired) electrons. The summed E-state index contributed by atoms with van der Waals surface area (Å²) < 4.78 is 0. The van der Waals surface area contributed by atoms with Crippen LogP contribution < -0.4 is 0 Å². The van der Waals surface area contributed by atoms with Crippen molar-refractivity contribution in [1.29, 1.82) is 0 Å². The minimum Gasteiger partial charge on any atom is -0.0654 e. The summed E-state index contributed by atoms with van der Waals surface area (Å²) in [6.07, 6.45) is 57.2. The van der Waals surface area contributed by atoms with Gasteiger partial charge in [0, 0.05) is 0 Å². The molecule has 0 amide bonds. The van der Waals surface area contributed by atoms with E-state index in [0.717, 1.165) is 0 Å². The Balaban J connectivity index is 0. The van der Waals surface area contributed by atoms with Crippen molar-refractivity contribution in [2.75, 3.05) is 0 Å². The lowest BCUT2D eigenvalue weighted by molar-refractivity contribution is 0.538. The number of hydrogen-bond donors (Lipinski definition) is 0. The fourth-order valence-electron chi connectivity index (χ4n) is 7.80. The van der Waals surface area contributed by atoms with Gasteiger partial charge in [0.1, 0.15) is 0 Å². The molecule has 0 unspecified atom stereocenters. The van der Waals surface area contributed by atoms with Gasteiger partial charge in [-0.25, -0.2) is 0 Å². The van der Waals surface area contributed by atoms with E-state index >= 15 is 0 Å². The van der Waals surface area contributed by atoms with E-state index in [1.165, 1.54) is 268 Å². The highest BCUT2D eigenvalue weighted by atomic mass is 14.1. The molecule has 0 heteroatoms. The minimum atomic E-state index is 1.26. The fourth-order valence-corrected chi connectivity index (χ4v) is 7.80. The van der Waals surface area contributed by atoms with Gasteiger partial charge < -0.3 is 0 Å². The van der Waals surface area contributed by atoms with E-state index in [2.05, 4.69) is 67.5 Å². The highest BCUT2D eigenvalue weighted by Crippen LogP contribution is 2.21. The second kappa shape index (κ2) is 48.4. The average molecular weight is 755 g/mol. The largest absolute Gasteiger partial charge is 0.0654 e. The van der Waals surface area contributed by atoms with Gasteiger partial charge in [-0.15, -0.1) is 0 Å². The molecule has 0 aromatic heterocycles. The van der Waals surface area contributed by atoms with Gasteiger partial charge in [0.05, 0.1) is 0 Å². The van der Waals surface area contributed by atoms with Crippen molar-refractivity contribution in [3.05, 3.63) is 34.4 Å². The standard InChI is InChI=1S/C28H50.C16H34.C10H22/c1-5-7-9-10-11-12-13-14-15-16-17-18-20-22-28-24-27(21-19-8-6-2)23-25(3)26(28)4;1-3-5-7-9-11-13-15-16-14-12-10-8-6-4-2;1-3-5-7-9-10-8-6-4-2/h23-24H,5-22H2,1-4H3;3-16H2,1-2H3;3-10H2,1-2H3. The highest BCUT2D eigenvalue weighted by molar-refractivity contribution is 5.38. The van der Waals surface area contributed by atoms with Crippen LogP contribution in [0.2, 0.25) is 0 Å². The van der Waals surface area contributed by atoms with E-state index in [4.69, 9.17) is 0 Å². The zero-order valence-corrected chi connectivity index (χ0v) is 39.4. The Labute approximate surface area is 345 Å². The predicted molar refractivity (Wildman–Crippen MR) is 253 cm³/mol. The van der Waals surface area contributed by atoms with Crippen LogP contribution >= 0.6 is 0 Å². The van der Waals surface area contributed by atoms with Crippen molar-refractivity contribution >= 4 is 0 Å². The van der Waals surface area contributed by atoms with Crippen LogP contribution in [0.25, 0.3) is 0 Å². The normalized spacial score (nSPS) is 11.0. The second-order valence-electron chi connectivity index (χ2n) is 17.5. The Bertz CT molecular complexity index is 783. The first kappa shape index (κ1) is 55.3. The highest BCUT2D eigenvalue weighted by Gasteiger charge is 2.05. The zero-order valence-electron chi connectivity index (χ0n) is 39.4. The maximum Gasteiger partial charge on any atom is -0.0276 e. The van der Waals surface area contributed by atoms with E-state index in [1.807, 2.05) is 0 Å². The number of aryl methyl sites for hydroxylation is 3. The van der Waals surface area contributed by atoms with Crippen LogP contribution in [0.3, 0.4) is 0 Å². The van der Waals surface area contributed by atoms with Gasteiger partial charge >= 0.3 is 0 Å². The third-order valence-electron chi connectivity index (χ3n) is 11.9. The number of hydrogen-bond acceptors (Lipinski definition) is 0. The molecule has 0 fully saturated rings. The predicted octanol–water partition coefficient (Wildman–Crippen LogP) is 20.3. The molecule has 1 aromatic rings. The number of unbranched alkanes of at least 4 members (excludes halogenated alkanes) is 34. The monoisotopic (exact) mass is 755 g/mol. The molecule has 0 atom stereocenters. The van der Waals surface area contributed by atoms with Crippen molar-refractivity contribution in [2.24, 2.45) is 0 Å². The summed E-state index contributed by atoms with van der Waals surface area (Å²) in [7, 11) is 0. The van der Waals surface area contributed by atoms with Crippen LogP contribution in [0.4, 0.5) is 0 Å². The zero-order chi connectivity index (χ0) is 40.0. The van der Waals surface area contributed by atoms with Crippen LogP contribution in [-0.2, 0) is 12.8 Å². The third kappa shape index (κ3) is 42.4. The lowest BCUT2D eigenvalue weighted by atomic mass is 9.93.